The van der Waals surface area contributed by atoms with Crippen LogP contribution in [0.3, 0.4) is 0 Å². The Morgan fingerprint density at radius 2 is 2.16 bits per heavy atom. The van der Waals surface area contributed by atoms with Gasteiger partial charge in [0.2, 0.25) is 11.6 Å². The van der Waals surface area contributed by atoms with E-state index in [1.807, 2.05) is 0 Å². The summed E-state index contributed by atoms with van der Waals surface area (Å²) in [6.45, 7) is 6.42. The Morgan fingerprint density at radius 3 is 2.68 bits per heavy atom. The second kappa shape index (κ2) is 8.60. The predicted molar refractivity (Wildman–Crippen MR) is 86.6 cm³/mol. The predicted octanol–water partition coefficient (Wildman–Crippen LogP) is -0.568. The first-order valence-corrected chi connectivity index (χ1v) is 7.13. The maximum absolute atomic E-state index is 12.6. The molecule has 0 radical (unpaired) electrons. The van der Waals surface area contributed by atoms with Crippen molar-refractivity contribution in [1.29, 1.82) is 0 Å². The standard InChI is InChI=1S/C13H20N8O4/c1-5-6-13(14-7-8-15-24,17-11(23)25-12(2,3)4)9(22)16-10-18-20-21-19-10/h8,14,24H,7H2,1-4H3,(H,17,23)(H2,16,18,19,20,21,22)/b15-8+. The highest BCUT2D eigenvalue weighted by Gasteiger charge is 2.40. The molecule has 0 aliphatic carbocycles. The summed E-state index contributed by atoms with van der Waals surface area (Å²) in [6, 6.07) is 0. The van der Waals surface area contributed by atoms with Gasteiger partial charge in [-0.05, 0) is 44.0 Å². The zero-order valence-corrected chi connectivity index (χ0v) is 14.2. The number of aromatic nitrogens is 4. The first-order chi connectivity index (χ1) is 11.7. The number of nitrogens with one attached hydrogen (secondary N) is 4. The molecular weight excluding hydrogens is 332 g/mol. The van der Waals surface area contributed by atoms with Crippen molar-refractivity contribution in [1.82, 2.24) is 31.3 Å². The third kappa shape index (κ3) is 6.43. The van der Waals surface area contributed by atoms with E-state index in [2.05, 4.69) is 53.6 Å². The monoisotopic (exact) mass is 352 g/mol. The molecule has 1 aromatic heterocycles. The Hall–Kier alpha value is -3.20. The molecule has 136 valence electrons. The molecule has 12 heteroatoms. The van der Waals surface area contributed by atoms with Crippen LogP contribution >= 0.6 is 0 Å². The number of rotatable bonds is 6. The summed E-state index contributed by atoms with van der Waals surface area (Å²) >= 11 is 0. The van der Waals surface area contributed by atoms with Gasteiger partial charge in [-0.1, -0.05) is 5.10 Å². The number of hydrogen-bond acceptors (Lipinski definition) is 9. The van der Waals surface area contributed by atoms with Gasteiger partial charge < -0.3 is 9.94 Å². The average Bonchev–Trinajstić information content (AvgIpc) is 2.98. The number of ether oxygens (including phenoxy) is 1. The van der Waals surface area contributed by atoms with E-state index in [9.17, 15) is 9.59 Å². The van der Waals surface area contributed by atoms with Crippen LogP contribution in [0.4, 0.5) is 10.7 Å². The summed E-state index contributed by atoms with van der Waals surface area (Å²) in [5, 5.41) is 31.3. The van der Waals surface area contributed by atoms with Crippen LogP contribution in [0.5, 0.6) is 0 Å². The fourth-order valence-corrected chi connectivity index (χ4v) is 1.61. The van der Waals surface area contributed by atoms with Crippen molar-refractivity contribution in [2.45, 2.75) is 39.0 Å². The van der Waals surface area contributed by atoms with Crippen LogP contribution < -0.4 is 16.0 Å². The highest BCUT2D eigenvalue weighted by Crippen LogP contribution is 2.10. The number of tetrazole rings is 1. The third-order valence-electron chi connectivity index (χ3n) is 2.46. The van der Waals surface area contributed by atoms with E-state index in [1.54, 1.807) is 20.8 Å². The van der Waals surface area contributed by atoms with Gasteiger partial charge >= 0.3 is 6.09 Å². The minimum absolute atomic E-state index is 0.0455. The van der Waals surface area contributed by atoms with Crippen molar-refractivity contribution in [2.24, 2.45) is 5.16 Å². The summed E-state index contributed by atoms with van der Waals surface area (Å²) < 4.78 is 5.16. The quantitative estimate of drug-likeness (QED) is 0.149. The lowest BCUT2D eigenvalue weighted by Crippen LogP contribution is -2.66. The summed E-state index contributed by atoms with van der Waals surface area (Å²) in [7, 11) is 0. The van der Waals surface area contributed by atoms with E-state index in [0.29, 0.717) is 0 Å². The molecule has 1 aromatic rings. The molecular formula is C13H20N8O4. The van der Waals surface area contributed by atoms with Gasteiger partial charge in [-0.25, -0.2) is 9.89 Å². The number of hydrogen-bond donors (Lipinski definition) is 5. The van der Waals surface area contributed by atoms with Crippen molar-refractivity contribution in [2.75, 3.05) is 11.9 Å². The van der Waals surface area contributed by atoms with Crippen LogP contribution in [-0.2, 0) is 9.53 Å². The van der Waals surface area contributed by atoms with Crippen LogP contribution in [-0.4, -0.2) is 61.9 Å². The molecule has 1 unspecified atom stereocenters. The lowest BCUT2D eigenvalue weighted by molar-refractivity contribution is -0.121. The minimum Gasteiger partial charge on any atom is -0.444 e. The molecule has 0 bridgehead atoms. The van der Waals surface area contributed by atoms with E-state index < -0.39 is 23.3 Å². The molecule has 0 aliphatic heterocycles. The van der Waals surface area contributed by atoms with Gasteiger partial charge in [-0.2, -0.15) is 0 Å². The van der Waals surface area contributed by atoms with Crippen molar-refractivity contribution < 1.29 is 19.5 Å². The van der Waals surface area contributed by atoms with Gasteiger partial charge in [0.25, 0.3) is 5.91 Å². The van der Waals surface area contributed by atoms with Gasteiger partial charge in [0.05, 0.1) is 6.21 Å². The van der Waals surface area contributed by atoms with Gasteiger partial charge in [0.1, 0.15) is 5.60 Å². The van der Waals surface area contributed by atoms with E-state index in [-0.39, 0.29) is 12.5 Å². The summed E-state index contributed by atoms with van der Waals surface area (Å²) in [5.41, 5.74) is -2.67. The number of nitrogens with zero attached hydrogens (tertiary/aromatic N) is 4. The fourth-order valence-electron chi connectivity index (χ4n) is 1.61. The van der Waals surface area contributed by atoms with Crippen LogP contribution in [0, 0.1) is 11.8 Å². The molecule has 0 saturated carbocycles. The van der Waals surface area contributed by atoms with Crippen LogP contribution in [0.1, 0.15) is 27.7 Å². The Kier molecular flexibility index (Phi) is 6.82. The Labute approximate surface area is 143 Å². The molecule has 1 atom stereocenters. The highest BCUT2D eigenvalue weighted by atomic mass is 16.6. The maximum atomic E-state index is 12.6. The summed E-state index contributed by atoms with van der Waals surface area (Å²) in [6.07, 6.45) is 0.195. The molecule has 5 N–H and O–H groups in total. The molecule has 1 rings (SSSR count). The number of alkyl carbamates (subject to hydrolysis) is 1. The lowest BCUT2D eigenvalue weighted by atomic mass is 10.1. The first kappa shape index (κ1) is 19.8. The largest absolute Gasteiger partial charge is 0.444 e. The van der Waals surface area contributed by atoms with E-state index >= 15 is 0 Å². The van der Waals surface area contributed by atoms with Gasteiger partial charge in [0, 0.05) is 6.54 Å². The van der Waals surface area contributed by atoms with Gasteiger partial charge in [-0.15, -0.1) is 11.1 Å². The molecule has 0 spiro atoms. The molecule has 2 amide bonds. The van der Waals surface area contributed by atoms with Crippen LogP contribution in [0.15, 0.2) is 5.16 Å². The number of anilines is 1. The Bertz CT molecular complexity index is 670. The zero-order chi connectivity index (χ0) is 18.9. The normalized spacial score (nSPS) is 13.4. The topological polar surface area (TPSA) is 167 Å². The number of oxime groups is 1. The number of carbonyl (C=O) groups excluding carboxylic acids is 2. The maximum Gasteiger partial charge on any atom is 0.410 e. The van der Waals surface area contributed by atoms with Gasteiger partial charge in [0.15, 0.2) is 0 Å². The number of H-pyrrole nitrogens is 1. The first-order valence-electron chi connectivity index (χ1n) is 7.13. The SMILES string of the molecule is CC#CC(NC/C=N/O)(NC(=O)OC(C)(C)C)C(=O)Nc1nnn[nH]1. The van der Waals surface area contributed by atoms with E-state index in [4.69, 9.17) is 9.94 Å². The van der Waals surface area contributed by atoms with Crippen molar-refractivity contribution >= 4 is 24.2 Å². The lowest BCUT2D eigenvalue weighted by Gasteiger charge is -2.30. The highest BCUT2D eigenvalue weighted by molar-refractivity contribution is 6.01. The third-order valence-corrected chi connectivity index (χ3v) is 2.46. The van der Waals surface area contributed by atoms with E-state index in [0.717, 1.165) is 6.21 Å². The van der Waals surface area contributed by atoms with Crippen molar-refractivity contribution in [3.05, 3.63) is 0 Å². The smallest absolute Gasteiger partial charge is 0.410 e. The fraction of sp³-hybridized carbons (Fsp3) is 0.538. The number of amides is 2. The van der Waals surface area contributed by atoms with Crippen molar-refractivity contribution in [3.63, 3.8) is 0 Å². The second-order valence-corrected chi connectivity index (χ2v) is 5.63. The minimum atomic E-state index is -1.88. The average molecular weight is 352 g/mol. The molecule has 12 nitrogen and oxygen atoms in total. The number of aromatic amines is 1. The Balaban J connectivity index is 3.08. The molecule has 25 heavy (non-hydrogen) atoms. The van der Waals surface area contributed by atoms with Gasteiger partial charge in [-0.3, -0.25) is 20.7 Å². The molecule has 1 heterocycles. The summed E-state index contributed by atoms with van der Waals surface area (Å²) in [4.78, 5) is 24.8. The molecule has 0 aliphatic rings. The number of carbonyl (C=O) groups is 2. The van der Waals surface area contributed by atoms with Crippen molar-refractivity contribution in [3.8, 4) is 11.8 Å². The summed E-state index contributed by atoms with van der Waals surface area (Å²) in [5.74, 6) is 4.30. The Morgan fingerprint density at radius 1 is 1.44 bits per heavy atom. The molecule has 0 aromatic carbocycles. The second-order valence-electron chi connectivity index (χ2n) is 5.63. The zero-order valence-electron chi connectivity index (χ0n) is 14.2. The van der Waals surface area contributed by atoms with E-state index in [1.165, 1.54) is 6.92 Å². The van der Waals surface area contributed by atoms with Crippen LogP contribution in [0.25, 0.3) is 0 Å². The van der Waals surface area contributed by atoms with Crippen LogP contribution in [0.2, 0.25) is 0 Å². The molecule has 0 fully saturated rings. The molecule has 0 saturated heterocycles.